The summed E-state index contributed by atoms with van der Waals surface area (Å²) in [5.74, 6) is 0.680. The molecule has 0 spiro atoms. The Bertz CT molecular complexity index is 660. The van der Waals surface area contributed by atoms with Gasteiger partial charge in [0.1, 0.15) is 0 Å². The van der Waals surface area contributed by atoms with Crippen molar-refractivity contribution in [3.63, 3.8) is 0 Å². The number of aromatic amines is 2. The molecule has 1 aromatic carbocycles. The lowest BCUT2D eigenvalue weighted by molar-refractivity contribution is 0.172. The quantitative estimate of drug-likeness (QED) is 0.809. The minimum Gasteiger partial charge on any atom is -0.382 e. The van der Waals surface area contributed by atoms with Crippen LogP contribution in [0.3, 0.4) is 0 Å². The van der Waals surface area contributed by atoms with Crippen molar-refractivity contribution in [2.24, 2.45) is 5.92 Å². The molecule has 2 aromatic rings. The molecule has 21 heavy (non-hydrogen) atoms. The summed E-state index contributed by atoms with van der Waals surface area (Å²) < 4.78 is 0. The molecule has 1 fully saturated rings. The lowest BCUT2D eigenvalue weighted by Gasteiger charge is -2.35. The first-order chi connectivity index (χ1) is 10.2. The average molecular weight is 288 g/mol. The molecule has 114 valence electrons. The number of benzene rings is 1. The van der Waals surface area contributed by atoms with Crippen LogP contribution in [0.15, 0.2) is 23.0 Å². The van der Waals surface area contributed by atoms with Crippen LogP contribution in [0.2, 0.25) is 0 Å². The number of piperidine rings is 1. The monoisotopic (exact) mass is 288 g/mol. The molecule has 0 radical (unpaired) electrons. The summed E-state index contributed by atoms with van der Waals surface area (Å²) in [4.78, 5) is 19.4. The molecule has 2 atom stereocenters. The number of imidazole rings is 1. The Morgan fingerprint density at radius 3 is 3.00 bits per heavy atom. The van der Waals surface area contributed by atoms with Gasteiger partial charge < -0.3 is 20.2 Å². The molecular weight excluding hydrogens is 264 g/mol. The summed E-state index contributed by atoms with van der Waals surface area (Å²) in [5.41, 5.74) is 2.63. The first kappa shape index (κ1) is 14.2. The van der Waals surface area contributed by atoms with E-state index in [1.54, 1.807) is 0 Å². The number of hydrogen-bond acceptors (Lipinski definition) is 3. The van der Waals surface area contributed by atoms with Gasteiger partial charge >= 0.3 is 5.69 Å². The molecule has 2 heterocycles. The van der Waals surface area contributed by atoms with E-state index in [0.29, 0.717) is 12.0 Å². The van der Waals surface area contributed by atoms with E-state index in [4.69, 9.17) is 0 Å². The Labute approximate surface area is 124 Å². The van der Waals surface area contributed by atoms with Crippen LogP contribution in [0.1, 0.15) is 26.7 Å². The molecule has 1 saturated heterocycles. The maximum absolute atomic E-state index is 11.3. The third-order valence-corrected chi connectivity index (χ3v) is 4.61. The van der Waals surface area contributed by atoms with Gasteiger partial charge in [0.25, 0.3) is 0 Å². The summed E-state index contributed by atoms with van der Waals surface area (Å²) in [6, 6.07) is 6.41. The van der Waals surface area contributed by atoms with Gasteiger partial charge in [-0.1, -0.05) is 6.92 Å². The number of fused-ring (bicyclic) bond motifs is 1. The van der Waals surface area contributed by atoms with Crippen molar-refractivity contribution in [1.29, 1.82) is 0 Å². The average Bonchev–Trinajstić information content (AvgIpc) is 2.86. The summed E-state index contributed by atoms with van der Waals surface area (Å²) in [6.07, 6.45) is 2.57. The highest BCUT2D eigenvalue weighted by atomic mass is 16.1. The molecule has 0 bridgehead atoms. The highest BCUT2D eigenvalue weighted by molar-refractivity contribution is 5.78. The SMILES string of the molecule is CCN1CCCC(C(C)Nc2ccc3[nH]c(=O)[nH]c3c2)C1. The fraction of sp³-hybridized carbons (Fsp3) is 0.562. The summed E-state index contributed by atoms with van der Waals surface area (Å²) in [6.45, 7) is 8.04. The van der Waals surface area contributed by atoms with Crippen molar-refractivity contribution in [2.45, 2.75) is 32.7 Å². The van der Waals surface area contributed by atoms with Crippen LogP contribution >= 0.6 is 0 Å². The molecule has 1 aliphatic rings. The van der Waals surface area contributed by atoms with Crippen molar-refractivity contribution in [3.8, 4) is 0 Å². The van der Waals surface area contributed by atoms with Gasteiger partial charge in [-0.05, 0) is 57.0 Å². The molecule has 1 aliphatic heterocycles. The van der Waals surface area contributed by atoms with E-state index in [9.17, 15) is 4.79 Å². The molecule has 0 saturated carbocycles. The van der Waals surface area contributed by atoms with Crippen molar-refractivity contribution in [3.05, 3.63) is 28.7 Å². The number of nitrogens with one attached hydrogen (secondary N) is 3. The number of nitrogens with zero attached hydrogens (tertiary/aromatic N) is 1. The zero-order valence-corrected chi connectivity index (χ0v) is 12.8. The number of H-pyrrole nitrogens is 2. The zero-order chi connectivity index (χ0) is 14.8. The molecule has 5 nitrogen and oxygen atoms in total. The summed E-state index contributed by atoms with van der Waals surface area (Å²) in [7, 11) is 0. The van der Waals surface area contributed by atoms with E-state index in [2.05, 4.69) is 34.0 Å². The van der Waals surface area contributed by atoms with Crippen molar-refractivity contribution in [1.82, 2.24) is 14.9 Å². The molecule has 3 N–H and O–H groups in total. The highest BCUT2D eigenvalue weighted by Gasteiger charge is 2.23. The van der Waals surface area contributed by atoms with E-state index in [1.165, 1.54) is 25.9 Å². The van der Waals surface area contributed by atoms with Crippen LogP contribution in [-0.2, 0) is 0 Å². The van der Waals surface area contributed by atoms with Gasteiger partial charge in [-0.3, -0.25) is 0 Å². The lowest BCUT2D eigenvalue weighted by atomic mass is 9.91. The van der Waals surface area contributed by atoms with E-state index in [-0.39, 0.29) is 5.69 Å². The lowest BCUT2D eigenvalue weighted by Crippen LogP contribution is -2.41. The van der Waals surface area contributed by atoms with E-state index in [1.807, 2.05) is 18.2 Å². The minimum absolute atomic E-state index is 0.152. The predicted octanol–water partition coefficient (Wildman–Crippen LogP) is 2.39. The van der Waals surface area contributed by atoms with E-state index < -0.39 is 0 Å². The number of likely N-dealkylation sites (tertiary alicyclic amines) is 1. The molecule has 3 rings (SSSR count). The second-order valence-electron chi connectivity index (χ2n) is 6.07. The van der Waals surface area contributed by atoms with Crippen LogP contribution in [0.4, 0.5) is 5.69 Å². The Morgan fingerprint density at radius 2 is 2.19 bits per heavy atom. The minimum atomic E-state index is -0.152. The van der Waals surface area contributed by atoms with Crippen LogP contribution in [-0.4, -0.2) is 40.5 Å². The fourth-order valence-electron chi connectivity index (χ4n) is 3.29. The van der Waals surface area contributed by atoms with Crippen LogP contribution in [0, 0.1) is 5.92 Å². The van der Waals surface area contributed by atoms with E-state index in [0.717, 1.165) is 23.3 Å². The largest absolute Gasteiger partial charge is 0.382 e. The second kappa shape index (κ2) is 5.93. The molecule has 2 unspecified atom stereocenters. The van der Waals surface area contributed by atoms with Crippen LogP contribution < -0.4 is 11.0 Å². The summed E-state index contributed by atoms with van der Waals surface area (Å²) in [5, 5.41) is 3.60. The maximum atomic E-state index is 11.3. The predicted molar refractivity (Wildman–Crippen MR) is 86.8 cm³/mol. The molecule has 0 amide bonds. The molecular formula is C16H24N4O. The van der Waals surface area contributed by atoms with Gasteiger partial charge in [0, 0.05) is 18.3 Å². The second-order valence-corrected chi connectivity index (χ2v) is 6.07. The molecule has 1 aromatic heterocycles. The van der Waals surface area contributed by atoms with Crippen molar-refractivity contribution < 1.29 is 0 Å². The van der Waals surface area contributed by atoms with Gasteiger partial charge in [0.05, 0.1) is 11.0 Å². The number of hydrogen-bond donors (Lipinski definition) is 3. The van der Waals surface area contributed by atoms with Gasteiger partial charge in [0.2, 0.25) is 0 Å². The van der Waals surface area contributed by atoms with Crippen LogP contribution in [0.5, 0.6) is 0 Å². The fourth-order valence-corrected chi connectivity index (χ4v) is 3.29. The molecule has 5 heteroatoms. The number of rotatable bonds is 4. The highest BCUT2D eigenvalue weighted by Crippen LogP contribution is 2.23. The van der Waals surface area contributed by atoms with Crippen molar-refractivity contribution in [2.75, 3.05) is 25.0 Å². The van der Waals surface area contributed by atoms with Gasteiger partial charge in [-0.2, -0.15) is 0 Å². The van der Waals surface area contributed by atoms with E-state index >= 15 is 0 Å². The Hall–Kier alpha value is -1.75. The zero-order valence-electron chi connectivity index (χ0n) is 12.8. The number of anilines is 1. The van der Waals surface area contributed by atoms with Gasteiger partial charge in [0.15, 0.2) is 0 Å². The molecule has 0 aliphatic carbocycles. The first-order valence-electron chi connectivity index (χ1n) is 7.86. The van der Waals surface area contributed by atoms with Gasteiger partial charge in [-0.15, -0.1) is 0 Å². The first-order valence-corrected chi connectivity index (χ1v) is 7.86. The number of aromatic nitrogens is 2. The van der Waals surface area contributed by atoms with Crippen LogP contribution in [0.25, 0.3) is 11.0 Å². The topological polar surface area (TPSA) is 63.9 Å². The standard InChI is InChI=1S/C16H24N4O/c1-3-20-8-4-5-12(10-20)11(2)17-13-6-7-14-15(9-13)19-16(21)18-14/h6-7,9,11-12,17H,3-5,8,10H2,1-2H3,(H2,18,19,21). The van der Waals surface area contributed by atoms with Gasteiger partial charge in [-0.25, -0.2) is 4.79 Å². The Kier molecular flexibility index (Phi) is 4.01. The Morgan fingerprint density at radius 1 is 1.38 bits per heavy atom. The third-order valence-electron chi connectivity index (χ3n) is 4.61. The van der Waals surface area contributed by atoms with Crippen molar-refractivity contribution >= 4 is 16.7 Å². The summed E-state index contributed by atoms with van der Waals surface area (Å²) >= 11 is 0. The third kappa shape index (κ3) is 3.13. The normalized spacial score (nSPS) is 21.5. The Balaban J connectivity index is 1.70. The smallest absolute Gasteiger partial charge is 0.323 e. The maximum Gasteiger partial charge on any atom is 0.323 e.